The van der Waals surface area contributed by atoms with Crippen LogP contribution in [0.3, 0.4) is 0 Å². The van der Waals surface area contributed by atoms with Gasteiger partial charge in [-0.05, 0) is 90.3 Å². The third-order valence-corrected chi connectivity index (χ3v) is 11.7. The molecule has 1 amide bonds. The zero-order valence-electron chi connectivity index (χ0n) is 36.7. The van der Waals surface area contributed by atoms with Gasteiger partial charge < -0.3 is 19.3 Å². The predicted molar refractivity (Wildman–Crippen MR) is 234 cm³/mol. The van der Waals surface area contributed by atoms with Crippen molar-refractivity contribution in [3.8, 4) is 0 Å². The topological polar surface area (TPSA) is 76.1 Å². The Labute approximate surface area is 340 Å². The average Bonchev–Trinajstić information content (AvgIpc) is 3.16. The summed E-state index contributed by atoms with van der Waals surface area (Å²) >= 11 is 1.37. The molecule has 0 atom stereocenters. The summed E-state index contributed by atoms with van der Waals surface area (Å²) in [5, 5.41) is 0.0466. The SMILES string of the molecule is CCCCCCCC(CCCCCCC)OC(=O)CCCN(CCCC(=O)OC(CCCCCCC)CCCCCCC)C(=O)SCCCN(CC)CC. The summed E-state index contributed by atoms with van der Waals surface area (Å²) in [6.45, 7) is 17.3. The van der Waals surface area contributed by atoms with Crippen LogP contribution in [0.15, 0.2) is 0 Å². The van der Waals surface area contributed by atoms with E-state index in [0.29, 0.717) is 38.8 Å². The summed E-state index contributed by atoms with van der Waals surface area (Å²) in [7, 11) is 0. The van der Waals surface area contributed by atoms with E-state index in [1.54, 1.807) is 0 Å². The molecule has 0 aliphatic heterocycles. The Balaban J connectivity index is 5.18. The number of carbonyl (C=O) groups excluding carboxylic acids is 3. The van der Waals surface area contributed by atoms with Crippen molar-refractivity contribution in [3.05, 3.63) is 0 Å². The van der Waals surface area contributed by atoms with Crippen LogP contribution in [-0.2, 0) is 19.1 Å². The van der Waals surface area contributed by atoms with E-state index in [0.717, 1.165) is 83.2 Å². The lowest BCUT2D eigenvalue weighted by atomic mass is 10.0. The van der Waals surface area contributed by atoms with Crippen LogP contribution in [0.1, 0.15) is 228 Å². The number of thioether (sulfide) groups is 1. The molecule has 7 nitrogen and oxygen atoms in total. The van der Waals surface area contributed by atoms with E-state index in [2.05, 4.69) is 46.4 Å². The highest BCUT2D eigenvalue weighted by Gasteiger charge is 2.19. The Morgan fingerprint density at radius 3 is 1.13 bits per heavy atom. The molecule has 0 rings (SSSR count). The first kappa shape index (κ1) is 52.7. The zero-order chi connectivity index (χ0) is 39.9. The first-order valence-corrected chi connectivity index (χ1v) is 24.4. The second-order valence-corrected chi connectivity index (χ2v) is 16.8. The fourth-order valence-electron chi connectivity index (χ4n) is 7.12. The predicted octanol–water partition coefficient (Wildman–Crippen LogP) is 13.7. The molecule has 0 aliphatic rings. The van der Waals surface area contributed by atoms with Gasteiger partial charge in [-0.15, -0.1) is 0 Å². The van der Waals surface area contributed by atoms with Crippen LogP contribution in [0.4, 0.5) is 4.79 Å². The van der Waals surface area contributed by atoms with Crippen molar-refractivity contribution in [2.75, 3.05) is 38.5 Å². The maximum absolute atomic E-state index is 13.4. The molecule has 0 saturated carbocycles. The molecule has 54 heavy (non-hydrogen) atoms. The van der Waals surface area contributed by atoms with E-state index >= 15 is 0 Å². The van der Waals surface area contributed by atoms with Crippen LogP contribution in [0.5, 0.6) is 0 Å². The Bertz CT molecular complexity index is 775. The van der Waals surface area contributed by atoms with Crippen molar-refractivity contribution in [3.63, 3.8) is 0 Å². The van der Waals surface area contributed by atoms with E-state index in [1.807, 2.05) is 4.90 Å². The van der Waals surface area contributed by atoms with Gasteiger partial charge in [0, 0.05) is 31.7 Å². The van der Waals surface area contributed by atoms with Crippen molar-refractivity contribution in [1.29, 1.82) is 0 Å². The first-order valence-electron chi connectivity index (χ1n) is 23.4. The van der Waals surface area contributed by atoms with Crippen molar-refractivity contribution in [2.45, 2.75) is 240 Å². The lowest BCUT2D eigenvalue weighted by Gasteiger charge is -2.23. The normalized spacial score (nSPS) is 11.6. The lowest BCUT2D eigenvalue weighted by Crippen LogP contribution is -2.31. The largest absolute Gasteiger partial charge is 0.462 e. The van der Waals surface area contributed by atoms with E-state index in [-0.39, 0.29) is 29.4 Å². The molecule has 0 aromatic rings. The van der Waals surface area contributed by atoms with Crippen LogP contribution in [0, 0.1) is 0 Å². The molecule has 0 bridgehead atoms. The molecule has 0 heterocycles. The summed E-state index contributed by atoms with van der Waals surface area (Å²) in [6, 6.07) is 0. The van der Waals surface area contributed by atoms with Crippen molar-refractivity contribution in [2.24, 2.45) is 0 Å². The molecule has 0 aromatic heterocycles. The number of amides is 1. The fourth-order valence-corrected chi connectivity index (χ4v) is 7.93. The van der Waals surface area contributed by atoms with Gasteiger partial charge in [0.05, 0.1) is 0 Å². The number of unbranched alkanes of at least 4 members (excludes halogenated alkanes) is 16. The minimum atomic E-state index is -0.139. The molecule has 0 radical (unpaired) electrons. The molecular formula is C46H90N2O5S. The number of hydrogen-bond acceptors (Lipinski definition) is 7. The number of nitrogens with zero attached hydrogens (tertiary/aromatic N) is 2. The van der Waals surface area contributed by atoms with Gasteiger partial charge in [0.2, 0.25) is 0 Å². The third-order valence-electron chi connectivity index (χ3n) is 10.7. The number of esters is 2. The van der Waals surface area contributed by atoms with Gasteiger partial charge in [-0.25, -0.2) is 0 Å². The fraction of sp³-hybridized carbons (Fsp3) is 0.935. The Morgan fingerprint density at radius 1 is 0.444 bits per heavy atom. The number of ether oxygens (including phenoxy) is 2. The highest BCUT2D eigenvalue weighted by atomic mass is 32.2. The van der Waals surface area contributed by atoms with Gasteiger partial charge in [0.25, 0.3) is 5.24 Å². The van der Waals surface area contributed by atoms with Gasteiger partial charge in [-0.3, -0.25) is 14.4 Å². The van der Waals surface area contributed by atoms with Gasteiger partial charge in [0.15, 0.2) is 0 Å². The Morgan fingerprint density at radius 2 is 0.796 bits per heavy atom. The van der Waals surface area contributed by atoms with E-state index in [4.69, 9.17) is 9.47 Å². The second-order valence-electron chi connectivity index (χ2n) is 15.7. The van der Waals surface area contributed by atoms with Crippen LogP contribution >= 0.6 is 11.8 Å². The molecule has 0 spiro atoms. The third kappa shape index (κ3) is 32.9. The summed E-state index contributed by atoms with van der Waals surface area (Å²) in [5.41, 5.74) is 0. The number of carbonyl (C=O) groups is 3. The van der Waals surface area contributed by atoms with Crippen LogP contribution < -0.4 is 0 Å². The van der Waals surface area contributed by atoms with Crippen molar-refractivity contribution >= 4 is 28.9 Å². The quantitative estimate of drug-likeness (QED) is 0.0452. The molecule has 0 saturated heterocycles. The minimum absolute atomic E-state index is 0.00219. The molecule has 0 aromatic carbocycles. The molecule has 0 N–H and O–H groups in total. The standard InChI is InChI=1S/C46H90N2O5S/c1-7-13-17-21-25-32-42(33-26-22-18-14-8-2)52-44(49)36-29-39-48(46(51)54-41-31-38-47(11-5)12-6)40-30-37-45(50)53-43(34-27-23-19-15-9-3)35-28-24-20-16-10-4/h42-43H,7-41H2,1-6H3. The molecule has 0 aliphatic carbocycles. The Hall–Kier alpha value is -1.28. The van der Waals surface area contributed by atoms with Gasteiger partial charge >= 0.3 is 11.9 Å². The first-order chi connectivity index (χ1) is 26.3. The summed E-state index contributed by atoms with van der Waals surface area (Å²) in [5.74, 6) is 0.493. The summed E-state index contributed by atoms with van der Waals surface area (Å²) < 4.78 is 12.1. The van der Waals surface area contributed by atoms with E-state index in [1.165, 1.54) is 114 Å². The van der Waals surface area contributed by atoms with Crippen molar-refractivity contribution in [1.82, 2.24) is 9.80 Å². The van der Waals surface area contributed by atoms with Gasteiger partial charge in [-0.2, -0.15) is 0 Å². The summed E-state index contributed by atoms with van der Waals surface area (Å²) in [6.07, 6.45) is 30.8. The van der Waals surface area contributed by atoms with Crippen LogP contribution in [0.25, 0.3) is 0 Å². The monoisotopic (exact) mass is 783 g/mol. The minimum Gasteiger partial charge on any atom is -0.462 e. The van der Waals surface area contributed by atoms with Crippen LogP contribution in [-0.4, -0.2) is 77.7 Å². The van der Waals surface area contributed by atoms with E-state index < -0.39 is 0 Å². The maximum atomic E-state index is 13.4. The maximum Gasteiger partial charge on any atom is 0.306 e. The highest BCUT2D eigenvalue weighted by Crippen LogP contribution is 2.20. The second kappa shape index (κ2) is 39.9. The molecule has 0 fully saturated rings. The number of hydrogen-bond donors (Lipinski definition) is 0. The van der Waals surface area contributed by atoms with Crippen molar-refractivity contribution < 1.29 is 23.9 Å². The molecule has 320 valence electrons. The van der Waals surface area contributed by atoms with Gasteiger partial charge in [-0.1, -0.05) is 156 Å². The zero-order valence-corrected chi connectivity index (χ0v) is 37.6. The van der Waals surface area contributed by atoms with Crippen LogP contribution in [0.2, 0.25) is 0 Å². The Kier molecular flexibility index (Phi) is 39.0. The number of rotatable bonds is 40. The molecule has 8 heteroatoms. The average molecular weight is 783 g/mol. The van der Waals surface area contributed by atoms with E-state index in [9.17, 15) is 14.4 Å². The smallest absolute Gasteiger partial charge is 0.306 e. The summed E-state index contributed by atoms with van der Waals surface area (Å²) in [4.78, 5) is 43.8. The molecule has 0 unspecified atom stereocenters. The van der Waals surface area contributed by atoms with Gasteiger partial charge in [0.1, 0.15) is 12.2 Å². The lowest BCUT2D eigenvalue weighted by molar-refractivity contribution is -0.150. The highest BCUT2D eigenvalue weighted by molar-refractivity contribution is 8.13. The molecular weight excluding hydrogens is 693 g/mol.